The molecule has 0 spiro atoms. The topological polar surface area (TPSA) is 82.1 Å². The van der Waals surface area contributed by atoms with Crippen molar-refractivity contribution in [3.8, 4) is 0 Å². The van der Waals surface area contributed by atoms with Crippen LogP contribution in [0.5, 0.6) is 0 Å². The summed E-state index contributed by atoms with van der Waals surface area (Å²) in [6, 6.07) is 0. The highest BCUT2D eigenvalue weighted by Crippen LogP contribution is 2.33. The first-order valence-electron chi connectivity index (χ1n) is 8.47. The van der Waals surface area contributed by atoms with Gasteiger partial charge in [0, 0.05) is 5.92 Å². The average Bonchev–Trinajstić information content (AvgIpc) is 2.43. The van der Waals surface area contributed by atoms with E-state index in [2.05, 4.69) is 0 Å². The van der Waals surface area contributed by atoms with Gasteiger partial charge in [0.15, 0.2) is 12.4 Å². The molecule has 1 saturated heterocycles. The Morgan fingerprint density at radius 3 is 1.92 bits per heavy atom. The Morgan fingerprint density at radius 1 is 0.958 bits per heavy atom. The van der Waals surface area contributed by atoms with Crippen molar-refractivity contribution < 1.29 is 28.9 Å². The molecular formula is C18H32O6. The van der Waals surface area contributed by atoms with Crippen LogP contribution in [-0.4, -0.2) is 42.1 Å². The lowest BCUT2D eigenvalue weighted by Crippen LogP contribution is -2.53. The summed E-state index contributed by atoms with van der Waals surface area (Å²) in [6.07, 6.45) is -2.41. The quantitative estimate of drug-likeness (QED) is 0.792. The van der Waals surface area contributed by atoms with E-state index in [9.17, 15) is 14.7 Å². The number of aliphatic hydroxyl groups excluding tert-OH is 1. The highest BCUT2D eigenvalue weighted by molar-refractivity contribution is 5.75. The normalized spacial score (nSPS) is 31.5. The second-order valence-electron chi connectivity index (χ2n) is 8.75. The monoisotopic (exact) mass is 344 g/mol. The van der Waals surface area contributed by atoms with E-state index >= 15 is 0 Å². The van der Waals surface area contributed by atoms with Crippen LogP contribution in [0, 0.1) is 22.7 Å². The highest BCUT2D eigenvalue weighted by atomic mass is 16.7. The molecule has 1 aliphatic heterocycles. The lowest BCUT2D eigenvalue weighted by Gasteiger charge is -2.42. The van der Waals surface area contributed by atoms with Gasteiger partial charge in [0.1, 0.15) is 6.61 Å². The number of esters is 2. The van der Waals surface area contributed by atoms with Crippen LogP contribution in [0.1, 0.15) is 55.4 Å². The predicted octanol–water partition coefficient (Wildman–Crippen LogP) is 2.52. The van der Waals surface area contributed by atoms with E-state index < -0.39 is 29.3 Å². The summed E-state index contributed by atoms with van der Waals surface area (Å²) in [5.74, 6) is -0.870. The summed E-state index contributed by atoms with van der Waals surface area (Å²) in [7, 11) is 0. The maximum Gasteiger partial charge on any atom is 0.311 e. The van der Waals surface area contributed by atoms with Gasteiger partial charge in [0.2, 0.25) is 0 Å². The molecule has 0 aliphatic carbocycles. The van der Waals surface area contributed by atoms with Gasteiger partial charge in [-0.05, 0) is 47.5 Å². The van der Waals surface area contributed by atoms with Crippen LogP contribution < -0.4 is 0 Å². The molecule has 3 unspecified atom stereocenters. The van der Waals surface area contributed by atoms with E-state index in [-0.39, 0.29) is 30.4 Å². The highest BCUT2D eigenvalue weighted by Gasteiger charge is 2.44. The largest absolute Gasteiger partial charge is 0.463 e. The maximum absolute atomic E-state index is 12.1. The molecule has 6 nitrogen and oxygen atoms in total. The molecule has 0 amide bonds. The van der Waals surface area contributed by atoms with Gasteiger partial charge in [-0.2, -0.15) is 0 Å². The zero-order valence-corrected chi connectivity index (χ0v) is 16.1. The fourth-order valence-corrected chi connectivity index (χ4v) is 2.31. The standard InChI is InChI=1S/C18H32O6/c1-10-11(2)13(24-16(21)18(6,7)8)14(19)23-12(10)9-22-15(20)17(3,4)5/h10-14,19H,9H2,1-8H3/t10-,11-,12?,13?,14?/m0/s1. The van der Waals surface area contributed by atoms with Crippen molar-refractivity contribution >= 4 is 11.9 Å². The second kappa shape index (κ2) is 7.40. The van der Waals surface area contributed by atoms with Crippen LogP contribution >= 0.6 is 0 Å². The molecule has 1 rings (SSSR count). The van der Waals surface area contributed by atoms with E-state index in [0.717, 1.165) is 0 Å². The molecule has 6 heteroatoms. The average molecular weight is 344 g/mol. The molecule has 0 aromatic carbocycles. The second-order valence-corrected chi connectivity index (χ2v) is 8.75. The molecule has 24 heavy (non-hydrogen) atoms. The Labute approximate surface area is 144 Å². The Bertz CT molecular complexity index is 457. The summed E-state index contributed by atoms with van der Waals surface area (Å²) in [6.45, 7) is 14.5. The van der Waals surface area contributed by atoms with Crippen molar-refractivity contribution in [1.29, 1.82) is 0 Å². The Kier molecular flexibility index (Phi) is 6.44. The van der Waals surface area contributed by atoms with E-state index in [1.54, 1.807) is 41.5 Å². The molecule has 0 saturated carbocycles. The van der Waals surface area contributed by atoms with Gasteiger partial charge in [-0.15, -0.1) is 0 Å². The molecule has 1 aliphatic rings. The number of rotatable bonds is 3. The predicted molar refractivity (Wildman–Crippen MR) is 89.0 cm³/mol. The zero-order valence-electron chi connectivity index (χ0n) is 16.1. The van der Waals surface area contributed by atoms with Crippen LogP contribution in [0.25, 0.3) is 0 Å². The Balaban J connectivity index is 2.70. The summed E-state index contributed by atoms with van der Waals surface area (Å²) in [5.41, 5.74) is -1.24. The minimum atomic E-state index is -1.24. The Hall–Kier alpha value is -1.14. The SMILES string of the molecule is C[C@@H]1C(COC(=O)C(C)(C)C)OC(O)C(OC(=O)C(C)(C)C)[C@H]1C. The minimum absolute atomic E-state index is 0.0427. The first-order chi connectivity index (χ1) is 10.7. The van der Waals surface area contributed by atoms with Crippen LogP contribution in [0.4, 0.5) is 0 Å². The molecule has 0 aromatic heterocycles. The number of carbonyl (C=O) groups excluding carboxylic acids is 2. The van der Waals surface area contributed by atoms with Gasteiger partial charge in [0.05, 0.1) is 16.9 Å². The summed E-state index contributed by atoms with van der Waals surface area (Å²) >= 11 is 0. The van der Waals surface area contributed by atoms with E-state index in [0.29, 0.717) is 0 Å². The third kappa shape index (κ3) is 5.18. The number of ether oxygens (including phenoxy) is 3. The van der Waals surface area contributed by atoms with E-state index in [1.165, 1.54) is 0 Å². The van der Waals surface area contributed by atoms with Gasteiger partial charge < -0.3 is 19.3 Å². The number of carbonyl (C=O) groups is 2. The van der Waals surface area contributed by atoms with Crippen LogP contribution in [0.15, 0.2) is 0 Å². The number of aliphatic hydroxyl groups is 1. The van der Waals surface area contributed by atoms with Crippen LogP contribution in [0.2, 0.25) is 0 Å². The lowest BCUT2D eigenvalue weighted by molar-refractivity contribution is -0.266. The third-order valence-corrected chi connectivity index (χ3v) is 4.38. The van der Waals surface area contributed by atoms with Crippen molar-refractivity contribution in [2.75, 3.05) is 6.61 Å². The van der Waals surface area contributed by atoms with Crippen LogP contribution in [0.3, 0.4) is 0 Å². The maximum atomic E-state index is 12.1. The van der Waals surface area contributed by atoms with Gasteiger partial charge in [0.25, 0.3) is 0 Å². The van der Waals surface area contributed by atoms with Crippen molar-refractivity contribution in [3.05, 3.63) is 0 Å². The first-order valence-corrected chi connectivity index (χ1v) is 8.47. The molecule has 140 valence electrons. The first kappa shape index (κ1) is 20.9. The molecule has 5 atom stereocenters. The smallest absolute Gasteiger partial charge is 0.311 e. The molecule has 1 N–H and O–H groups in total. The van der Waals surface area contributed by atoms with Gasteiger partial charge in [-0.1, -0.05) is 13.8 Å². The molecule has 0 radical (unpaired) electrons. The van der Waals surface area contributed by atoms with Gasteiger partial charge in [-0.3, -0.25) is 9.59 Å². The fraction of sp³-hybridized carbons (Fsp3) is 0.889. The summed E-state index contributed by atoms with van der Waals surface area (Å²) in [4.78, 5) is 24.0. The van der Waals surface area contributed by atoms with Crippen molar-refractivity contribution in [2.45, 2.75) is 73.9 Å². The van der Waals surface area contributed by atoms with E-state index in [4.69, 9.17) is 14.2 Å². The third-order valence-electron chi connectivity index (χ3n) is 4.38. The Morgan fingerprint density at radius 2 is 1.46 bits per heavy atom. The van der Waals surface area contributed by atoms with Crippen LogP contribution in [-0.2, 0) is 23.8 Å². The van der Waals surface area contributed by atoms with Crippen molar-refractivity contribution in [3.63, 3.8) is 0 Å². The molecule has 0 bridgehead atoms. The molecule has 0 aromatic rings. The molecule has 1 fully saturated rings. The van der Waals surface area contributed by atoms with Gasteiger partial charge >= 0.3 is 11.9 Å². The molecule has 1 heterocycles. The van der Waals surface area contributed by atoms with Crippen molar-refractivity contribution in [1.82, 2.24) is 0 Å². The lowest BCUT2D eigenvalue weighted by atomic mass is 9.83. The fourth-order valence-electron chi connectivity index (χ4n) is 2.31. The summed E-state index contributed by atoms with van der Waals surface area (Å²) in [5, 5.41) is 10.2. The summed E-state index contributed by atoms with van der Waals surface area (Å²) < 4.78 is 16.3. The zero-order chi connectivity index (χ0) is 18.9. The van der Waals surface area contributed by atoms with Gasteiger partial charge in [-0.25, -0.2) is 0 Å². The minimum Gasteiger partial charge on any atom is -0.463 e. The molecular weight excluding hydrogens is 312 g/mol. The number of hydrogen-bond donors (Lipinski definition) is 1. The van der Waals surface area contributed by atoms with E-state index in [1.807, 2.05) is 13.8 Å². The van der Waals surface area contributed by atoms with Crippen molar-refractivity contribution in [2.24, 2.45) is 22.7 Å². The number of hydrogen-bond acceptors (Lipinski definition) is 6.